The van der Waals surface area contributed by atoms with Gasteiger partial charge in [-0.3, -0.25) is 14.1 Å². The van der Waals surface area contributed by atoms with E-state index in [9.17, 15) is 19.3 Å². The molecule has 0 aliphatic heterocycles. The van der Waals surface area contributed by atoms with Crippen molar-refractivity contribution < 1.29 is 43.0 Å². The lowest BCUT2D eigenvalue weighted by molar-refractivity contribution is -0.161. The zero-order valence-electron chi connectivity index (χ0n) is 31.1. The first kappa shape index (κ1) is 47.9. The van der Waals surface area contributed by atoms with E-state index in [2.05, 4.69) is 67.0 Å². The van der Waals surface area contributed by atoms with Crippen LogP contribution < -0.4 is 0 Å². The highest BCUT2D eigenvalue weighted by atomic mass is 31.2. The van der Waals surface area contributed by atoms with Crippen LogP contribution in [0.25, 0.3) is 0 Å². The summed E-state index contributed by atoms with van der Waals surface area (Å²) in [4.78, 5) is 42.7. The second-order valence-electron chi connectivity index (χ2n) is 12.0. The van der Waals surface area contributed by atoms with E-state index in [4.69, 9.17) is 19.3 Å². The third-order valence-electron chi connectivity index (χ3n) is 7.17. The number of allylic oxidation sites excluding steroid dienone is 14. The van der Waals surface area contributed by atoms with E-state index in [0.29, 0.717) is 32.1 Å². The van der Waals surface area contributed by atoms with Gasteiger partial charge in [0.2, 0.25) is 0 Å². The summed E-state index contributed by atoms with van der Waals surface area (Å²) in [5.74, 6) is -1.05. The van der Waals surface area contributed by atoms with Gasteiger partial charge in [0.1, 0.15) is 6.61 Å². The molecular weight excluding hydrogens is 667 g/mol. The molecule has 10 heteroatoms. The van der Waals surface area contributed by atoms with E-state index in [1.54, 1.807) is 6.08 Å². The summed E-state index contributed by atoms with van der Waals surface area (Å²) in [5, 5.41) is 9.96. The molecular formula is C41H65O9P. The molecule has 0 heterocycles. The Morgan fingerprint density at radius 2 is 1.18 bits per heavy atom. The number of aliphatic hydroxyl groups is 1. The predicted molar refractivity (Wildman–Crippen MR) is 208 cm³/mol. The Bertz CT molecular complexity index is 1160. The first-order valence-corrected chi connectivity index (χ1v) is 20.2. The van der Waals surface area contributed by atoms with Gasteiger partial charge in [-0.05, 0) is 83.5 Å². The maximum absolute atomic E-state index is 12.3. The monoisotopic (exact) mass is 732 g/mol. The van der Waals surface area contributed by atoms with Gasteiger partial charge in [0.05, 0.1) is 12.7 Å². The molecule has 0 rings (SSSR count). The maximum Gasteiger partial charge on any atom is 0.469 e. The number of esters is 2. The summed E-state index contributed by atoms with van der Waals surface area (Å²) in [6, 6.07) is 0. The third-order valence-corrected chi connectivity index (χ3v) is 7.65. The Labute approximate surface area is 307 Å². The number of carbonyl (C=O) groups is 2. The lowest BCUT2D eigenvalue weighted by atomic mass is 10.1. The molecule has 288 valence electrons. The average molecular weight is 733 g/mol. The van der Waals surface area contributed by atoms with Gasteiger partial charge < -0.3 is 24.4 Å². The molecule has 3 N–H and O–H groups in total. The number of unbranched alkanes of at least 4 members (excludes halogenated alkanes) is 6. The molecule has 0 saturated carbocycles. The summed E-state index contributed by atoms with van der Waals surface area (Å²) in [6.07, 6.45) is 44.5. The van der Waals surface area contributed by atoms with E-state index < -0.39 is 38.6 Å². The largest absolute Gasteiger partial charge is 0.469 e. The second-order valence-corrected chi connectivity index (χ2v) is 13.2. The Kier molecular flexibility index (Phi) is 33.2. The highest BCUT2D eigenvalue weighted by Gasteiger charge is 2.22. The van der Waals surface area contributed by atoms with E-state index in [1.807, 2.05) is 42.5 Å². The molecule has 0 saturated heterocycles. The van der Waals surface area contributed by atoms with Gasteiger partial charge in [-0.1, -0.05) is 124 Å². The second kappa shape index (κ2) is 35.3. The highest BCUT2D eigenvalue weighted by Crippen LogP contribution is 2.35. The molecule has 0 spiro atoms. The Balaban J connectivity index is 4.24. The van der Waals surface area contributed by atoms with Gasteiger partial charge in [-0.2, -0.15) is 0 Å². The van der Waals surface area contributed by atoms with E-state index in [-0.39, 0.29) is 19.4 Å². The SMILES string of the molecule is CC/C=C\C/C=C\CC(O)/C=C/C=C\C/C=C\CCCC(=O)OC[C@H](COP(=O)(O)O)OC(=O)CCCC/C=C\C/C=C\C/C=C\CCCCC. The predicted octanol–water partition coefficient (Wildman–Crippen LogP) is 10.0. The van der Waals surface area contributed by atoms with E-state index >= 15 is 0 Å². The summed E-state index contributed by atoms with van der Waals surface area (Å²) < 4.78 is 26.2. The summed E-state index contributed by atoms with van der Waals surface area (Å²) in [6.45, 7) is 3.35. The Morgan fingerprint density at radius 3 is 1.80 bits per heavy atom. The van der Waals surface area contributed by atoms with Gasteiger partial charge in [0.25, 0.3) is 0 Å². The lowest BCUT2D eigenvalue weighted by Gasteiger charge is -2.18. The minimum Gasteiger partial charge on any atom is -0.462 e. The van der Waals surface area contributed by atoms with Gasteiger partial charge in [-0.25, -0.2) is 4.57 Å². The molecule has 0 amide bonds. The minimum absolute atomic E-state index is 0.132. The zero-order chi connectivity index (χ0) is 37.7. The number of ether oxygens (including phenoxy) is 2. The lowest BCUT2D eigenvalue weighted by Crippen LogP contribution is -2.29. The number of hydrogen-bond acceptors (Lipinski definition) is 7. The van der Waals surface area contributed by atoms with E-state index in [0.717, 1.165) is 44.9 Å². The van der Waals surface area contributed by atoms with Gasteiger partial charge in [0, 0.05) is 12.8 Å². The number of phosphoric ester groups is 1. The van der Waals surface area contributed by atoms with Crippen LogP contribution in [0.4, 0.5) is 0 Å². The van der Waals surface area contributed by atoms with Crippen LogP contribution in [0, 0.1) is 0 Å². The number of rotatable bonds is 32. The molecule has 0 aliphatic rings. The molecule has 0 radical (unpaired) electrons. The zero-order valence-corrected chi connectivity index (χ0v) is 32.0. The molecule has 0 aliphatic carbocycles. The average Bonchev–Trinajstić information content (AvgIpc) is 3.09. The first-order chi connectivity index (χ1) is 24.7. The maximum atomic E-state index is 12.3. The standard InChI is InChI=1S/C41H65O9P/c1-3-5-7-9-11-12-13-14-15-16-17-18-23-27-31-35-41(44)50-39(37-49-51(45,46)47)36-48-40(43)34-30-26-22-20-19-21-25-29-33-38(42)32-28-24-10-8-6-4-2/h6,8,11-12,14-15,17-18,20-22,24-25,28-29,33,38-39,42H,3-5,7,9-10,13,16,19,23,26-27,30-32,34-37H2,1-2H3,(H2,45,46,47)/b8-6-,12-11-,15-14-,18-17-,22-20-,25-21-,28-24-,33-29+/t38?,39-/m1/s1. The molecule has 0 aromatic heterocycles. The quantitative estimate of drug-likeness (QED) is 0.0203. The van der Waals surface area contributed by atoms with Crippen molar-refractivity contribution in [2.24, 2.45) is 0 Å². The molecule has 0 aromatic rings. The highest BCUT2D eigenvalue weighted by molar-refractivity contribution is 7.46. The fourth-order valence-corrected chi connectivity index (χ4v) is 4.74. The van der Waals surface area contributed by atoms with Crippen molar-refractivity contribution in [2.45, 2.75) is 135 Å². The molecule has 9 nitrogen and oxygen atoms in total. The first-order valence-electron chi connectivity index (χ1n) is 18.6. The number of carbonyl (C=O) groups excluding carboxylic acids is 2. The smallest absolute Gasteiger partial charge is 0.462 e. The van der Waals surface area contributed by atoms with Crippen LogP contribution in [0.3, 0.4) is 0 Å². The molecule has 0 fully saturated rings. The van der Waals surface area contributed by atoms with Crippen molar-refractivity contribution >= 4 is 19.8 Å². The van der Waals surface area contributed by atoms with Crippen molar-refractivity contribution in [1.82, 2.24) is 0 Å². The summed E-state index contributed by atoms with van der Waals surface area (Å²) in [7, 11) is -4.79. The van der Waals surface area contributed by atoms with Crippen LogP contribution in [-0.4, -0.2) is 52.3 Å². The van der Waals surface area contributed by atoms with E-state index in [1.165, 1.54) is 19.3 Å². The molecule has 2 atom stereocenters. The van der Waals surface area contributed by atoms with Gasteiger partial charge >= 0.3 is 19.8 Å². The van der Waals surface area contributed by atoms with Crippen molar-refractivity contribution in [2.75, 3.05) is 13.2 Å². The molecule has 1 unspecified atom stereocenters. The summed E-state index contributed by atoms with van der Waals surface area (Å²) in [5.41, 5.74) is 0. The number of aliphatic hydroxyl groups excluding tert-OH is 1. The number of phosphoric acid groups is 1. The molecule has 0 bridgehead atoms. The van der Waals surface area contributed by atoms with Crippen LogP contribution >= 0.6 is 7.82 Å². The van der Waals surface area contributed by atoms with Gasteiger partial charge in [-0.15, -0.1) is 0 Å². The van der Waals surface area contributed by atoms with Crippen LogP contribution in [0.1, 0.15) is 123 Å². The topological polar surface area (TPSA) is 140 Å². The fraction of sp³-hybridized carbons (Fsp3) is 0.561. The van der Waals surface area contributed by atoms with Crippen molar-refractivity contribution in [3.05, 3.63) is 97.2 Å². The fourth-order valence-electron chi connectivity index (χ4n) is 4.38. The summed E-state index contributed by atoms with van der Waals surface area (Å²) >= 11 is 0. The minimum atomic E-state index is -4.79. The molecule has 51 heavy (non-hydrogen) atoms. The third kappa shape index (κ3) is 38.0. The van der Waals surface area contributed by atoms with Crippen molar-refractivity contribution in [3.63, 3.8) is 0 Å². The van der Waals surface area contributed by atoms with Crippen LogP contribution in [0.5, 0.6) is 0 Å². The van der Waals surface area contributed by atoms with Crippen LogP contribution in [0.15, 0.2) is 97.2 Å². The van der Waals surface area contributed by atoms with Crippen LogP contribution in [-0.2, 0) is 28.2 Å². The van der Waals surface area contributed by atoms with Gasteiger partial charge in [0.15, 0.2) is 6.10 Å². The van der Waals surface area contributed by atoms with Crippen LogP contribution in [0.2, 0.25) is 0 Å². The Hall–Kier alpha value is -3.07. The Morgan fingerprint density at radius 1 is 0.627 bits per heavy atom. The number of hydrogen-bond donors (Lipinski definition) is 3. The van der Waals surface area contributed by atoms with Crippen molar-refractivity contribution in [3.8, 4) is 0 Å². The molecule has 0 aromatic carbocycles. The van der Waals surface area contributed by atoms with Crippen molar-refractivity contribution in [1.29, 1.82) is 0 Å². The normalized spacial score (nSPS) is 14.2.